The summed E-state index contributed by atoms with van der Waals surface area (Å²) >= 11 is 0. The molecule has 1 aromatic heterocycles. The molecule has 0 unspecified atom stereocenters. The second kappa shape index (κ2) is 6.44. The molecule has 0 radical (unpaired) electrons. The molecule has 0 spiro atoms. The first-order valence-electron chi connectivity index (χ1n) is 8.64. The molecule has 0 atom stereocenters. The largest absolute Gasteiger partial charge is 0.385 e. The smallest absolute Gasteiger partial charge is 0.150 e. The van der Waals surface area contributed by atoms with Gasteiger partial charge in [0.1, 0.15) is 6.29 Å². The molecule has 0 bridgehead atoms. The molecule has 25 heavy (non-hydrogen) atoms. The molecule has 3 nitrogen and oxygen atoms in total. The van der Waals surface area contributed by atoms with Crippen molar-refractivity contribution in [3.63, 3.8) is 0 Å². The van der Waals surface area contributed by atoms with E-state index in [4.69, 9.17) is 0 Å². The fraction of sp³-hybridized carbons (Fsp3) is 0.136. The average molecular weight is 328 g/mol. The summed E-state index contributed by atoms with van der Waals surface area (Å²) in [4.78, 5) is 11.2. The number of nitrogens with zero attached hydrogens (tertiary/aromatic N) is 1. The van der Waals surface area contributed by atoms with E-state index in [0.29, 0.717) is 5.56 Å². The van der Waals surface area contributed by atoms with Crippen LogP contribution in [0.1, 0.15) is 23.7 Å². The van der Waals surface area contributed by atoms with E-state index in [9.17, 15) is 4.79 Å². The SMILES string of the molecule is CCCNc1ccc(-n2c3ccccc3c3cc(C=O)ccc32)cc1. The van der Waals surface area contributed by atoms with Gasteiger partial charge in [0.2, 0.25) is 0 Å². The number of anilines is 1. The Balaban J connectivity index is 1.92. The molecule has 0 saturated carbocycles. The molecule has 1 heterocycles. The van der Waals surface area contributed by atoms with Crippen LogP contribution in [0.3, 0.4) is 0 Å². The van der Waals surface area contributed by atoms with Crippen LogP contribution < -0.4 is 5.32 Å². The molecule has 0 aliphatic carbocycles. The molecule has 0 aliphatic rings. The number of nitrogens with one attached hydrogen (secondary N) is 1. The highest BCUT2D eigenvalue weighted by Gasteiger charge is 2.12. The number of hydrogen-bond donors (Lipinski definition) is 1. The van der Waals surface area contributed by atoms with Crippen LogP contribution in [0.15, 0.2) is 66.7 Å². The topological polar surface area (TPSA) is 34.0 Å². The Kier molecular flexibility index (Phi) is 3.98. The Morgan fingerprint density at radius 1 is 0.920 bits per heavy atom. The summed E-state index contributed by atoms with van der Waals surface area (Å²) in [5.41, 5.74) is 5.21. The van der Waals surface area contributed by atoms with Gasteiger partial charge in [0.05, 0.1) is 11.0 Å². The van der Waals surface area contributed by atoms with Crippen molar-refractivity contribution in [2.45, 2.75) is 13.3 Å². The lowest BCUT2D eigenvalue weighted by Gasteiger charge is -2.10. The highest BCUT2D eigenvalue weighted by molar-refractivity contribution is 6.10. The monoisotopic (exact) mass is 328 g/mol. The van der Waals surface area contributed by atoms with Gasteiger partial charge in [0, 0.05) is 34.3 Å². The van der Waals surface area contributed by atoms with E-state index >= 15 is 0 Å². The zero-order valence-corrected chi connectivity index (χ0v) is 14.2. The van der Waals surface area contributed by atoms with Crippen LogP contribution in [0, 0.1) is 0 Å². The quantitative estimate of drug-likeness (QED) is 0.496. The molecule has 0 aliphatic heterocycles. The Labute approximate surface area is 146 Å². The third-order valence-corrected chi connectivity index (χ3v) is 4.54. The van der Waals surface area contributed by atoms with Gasteiger partial charge in [0.25, 0.3) is 0 Å². The van der Waals surface area contributed by atoms with Gasteiger partial charge in [-0.05, 0) is 55.0 Å². The first-order chi connectivity index (χ1) is 12.3. The van der Waals surface area contributed by atoms with E-state index in [2.05, 4.69) is 59.3 Å². The van der Waals surface area contributed by atoms with Gasteiger partial charge in [-0.3, -0.25) is 4.79 Å². The molecule has 1 N–H and O–H groups in total. The van der Waals surface area contributed by atoms with Gasteiger partial charge in [-0.25, -0.2) is 0 Å². The summed E-state index contributed by atoms with van der Waals surface area (Å²) in [6, 6.07) is 22.7. The second-order valence-electron chi connectivity index (χ2n) is 6.22. The average Bonchev–Trinajstić information content (AvgIpc) is 3.00. The van der Waals surface area contributed by atoms with Crippen LogP contribution in [0.25, 0.3) is 27.5 Å². The van der Waals surface area contributed by atoms with Crippen LogP contribution in [-0.4, -0.2) is 17.4 Å². The van der Waals surface area contributed by atoms with Crippen molar-refractivity contribution in [2.24, 2.45) is 0 Å². The highest BCUT2D eigenvalue weighted by atomic mass is 16.1. The minimum atomic E-state index is 0.703. The van der Waals surface area contributed by atoms with Crippen molar-refractivity contribution >= 4 is 33.8 Å². The number of fused-ring (bicyclic) bond motifs is 3. The lowest BCUT2D eigenvalue weighted by molar-refractivity contribution is 0.112. The van der Waals surface area contributed by atoms with Crippen molar-refractivity contribution in [1.82, 2.24) is 4.57 Å². The molecule has 4 rings (SSSR count). The number of carbonyl (C=O) groups excluding carboxylic acids is 1. The Morgan fingerprint density at radius 3 is 2.44 bits per heavy atom. The predicted octanol–water partition coefficient (Wildman–Crippen LogP) is 5.42. The first kappa shape index (κ1) is 15.5. The van der Waals surface area contributed by atoms with Gasteiger partial charge in [-0.2, -0.15) is 0 Å². The maximum absolute atomic E-state index is 11.2. The number of aromatic nitrogens is 1. The van der Waals surface area contributed by atoms with E-state index in [1.54, 1.807) is 0 Å². The van der Waals surface area contributed by atoms with E-state index in [1.165, 1.54) is 0 Å². The first-order valence-corrected chi connectivity index (χ1v) is 8.64. The number of benzene rings is 3. The summed E-state index contributed by atoms with van der Waals surface area (Å²) in [6.07, 6.45) is 2.01. The number of rotatable bonds is 5. The van der Waals surface area contributed by atoms with Crippen LogP contribution in [0.5, 0.6) is 0 Å². The van der Waals surface area contributed by atoms with Crippen molar-refractivity contribution < 1.29 is 4.79 Å². The third-order valence-electron chi connectivity index (χ3n) is 4.54. The Bertz CT molecular complexity index is 1040. The van der Waals surface area contributed by atoms with Gasteiger partial charge in [-0.15, -0.1) is 0 Å². The summed E-state index contributed by atoms with van der Waals surface area (Å²) in [7, 11) is 0. The van der Waals surface area contributed by atoms with Gasteiger partial charge >= 0.3 is 0 Å². The minimum Gasteiger partial charge on any atom is -0.385 e. The van der Waals surface area contributed by atoms with Crippen LogP contribution in [-0.2, 0) is 0 Å². The van der Waals surface area contributed by atoms with Gasteiger partial charge in [0.15, 0.2) is 0 Å². The molecule has 0 saturated heterocycles. The lowest BCUT2D eigenvalue weighted by atomic mass is 10.1. The highest BCUT2D eigenvalue weighted by Crippen LogP contribution is 2.32. The van der Waals surface area contributed by atoms with Crippen molar-refractivity contribution in [2.75, 3.05) is 11.9 Å². The third kappa shape index (κ3) is 2.68. The molecule has 3 heteroatoms. The molecule has 0 amide bonds. The van der Waals surface area contributed by atoms with Crippen molar-refractivity contribution in [3.8, 4) is 5.69 Å². The molecule has 4 aromatic rings. The van der Waals surface area contributed by atoms with E-state index in [-0.39, 0.29) is 0 Å². The Morgan fingerprint density at radius 2 is 1.68 bits per heavy atom. The summed E-state index contributed by atoms with van der Waals surface area (Å²) in [5, 5.41) is 5.67. The summed E-state index contributed by atoms with van der Waals surface area (Å²) in [6.45, 7) is 3.14. The summed E-state index contributed by atoms with van der Waals surface area (Å²) in [5.74, 6) is 0. The van der Waals surface area contributed by atoms with Crippen LogP contribution >= 0.6 is 0 Å². The number of carbonyl (C=O) groups is 1. The van der Waals surface area contributed by atoms with Gasteiger partial charge in [-0.1, -0.05) is 25.1 Å². The fourth-order valence-corrected chi connectivity index (χ4v) is 3.34. The number of aldehydes is 1. The number of hydrogen-bond acceptors (Lipinski definition) is 2. The van der Waals surface area contributed by atoms with E-state index in [0.717, 1.165) is 52.4 Å². The van der Waals surface area contributed by atoms with Crippen LogP contribution in [0.2, 0.25) is 0 Å². The van der Waals surface area contributed by atoms with Gasteiger partial charge < -0.3 is 9.88 Å². The molecular formula is C22H20N2O. The van der Waals surface area contributed by atoms with Crippen molar-refractivity contribution in [1.29, 1.82) is 0 Å². The maximum Gasteiger partial charge on any atom is 0.150 e. The molecule has 3 aromatic carbocycles. The Hall–Kier alpha value is -3.07. The zero-order chi connectivity index (χ0) is 17.2. The normalized spacial score (nSPS) is 11.1. The molecule has 0 fully saturated rings. The predicted molar refractivity (Wildman–Crippen MR) is 105 cm³/mol. The van der Waals surface area contributed by atoms with E-state index in [1.807, 2.05) is 24.3 Å². The maximum atomic E-state index is 11.2. The molecule has 124 valence electrons. The number of para-hydroxylation sites is 1. The fourth-order valence-electron chi connectivity index (χ4n) is 3.34. The lowest BCUT2D eigenvalue weighted by Crippen LogP contribution is -2.00. The second-order valence-corrected chi connectivity index (χ2v) is 6.22. The minimum absolute atomic E-state index is 0.703. The standard InChI is InChI=1S/C22H20N2O/c1-2-13-23-17-8-10-18(11-9-17)24-21-6-4-3-5-19(21)20-14-16(15-25)7-12-22(20)24/h3-12,14-15,23H,2,13H2,1H3. The van der Waals surface area contributed by atoms with Crippen LogP contribution in [0.4, 0.5) is 5.69 Å². The molecular weight excluding hydrogens is 308 g/mol. The van der Waals surface area contributed by atoms with Crippen molar-refractivity contribution in [3.05, 3.63) is 72.3 Å². The summed E-state index contributed by atoms with van der Waals surface area (Å²) < 4.78 is 2.25. The zero-order valence-electron chi connectivity index (χ0n) is 14.2. The van der Waals surface area contributed by atoms with E-state index < -0.39 is 0 Å².